The van der Waals surface area contributed by atoms with Gasteiger partial charge in [-0.05, 0) is 44.3 Å². The molecule has 0 saturated heterocycles. The van der Waals surface area contributed by atoms with Crippen LogP contribution in [0.3, 0.4) is 0 Å². The molecule has 0 aliphatic rings. The zero-order valence-electron chi connectivity index (χ0n) is 12.2. The molecule has 0 unspecified atom stereocenters. The fourth-order valence-corrected chi connectivity index (χ4v) is 1.45. The summed E-state index contributed by atoms with van der Waals surface area (Å²) in [5, 5.41) is 0.619. The summed E-state index contributed by atoms with van der Waals surface area (Å²) >= 11 is 4.82. The van der Waals surface area contributed by atoms with Crippen molar-refractivity contribution < 1.29 is 4.74 Å². The lowest BCUT2D eigenvalue weighted by Crippen LogP contribution is -1.96. The molecule has 2 heteroatoms. The summed E-state index contributed by atoms with van der Waals surface area (Å²) in [5.41, 5.74) is 0. The molecule has 0 radical (unpaired) electrons. The van der Waals surface area contributed by atoms with Crippen molar-refractivity contribution in [3.63, 3.8) is 0 Å². The Bertz CT molecular complexity index is 324. The van der Waals surface area contributed by atoms with E-state index < -0.39 is 0 Å². The number of ether oxygens (including phenoxy) is 1. The minimum absolute atomic E-state index is 0.619. The van der Waals surface area contributed by atoms with Crippen molar-refractivity contribution in [3.05, 3.63) is 48.6 Å². The third kappa shape index (κ3) is 16.9. The van der Waals surface area contributed by atoms with Gasteiger partial charge in [-0.15, -0.1) is 0 Å². The van der Waals surface area contributed by atoms with Gasteiger partial charge in [-0.1, -0.05) is 55.5 Å². The van der Waals surface area contributed by atoms with Gasteiger partial charge in [-0.2, -0.15) is 0 Å². The van der Waals surface area contributed by atoms with E-state index in [0.717, 1.165) is 32.1 Å². The van der Waals surface area contributed by atoms with Gasteiger partial charge in [-0.25, -0.2) is 0 Å². The van der Waals surface area contributed by atoms with Gasteiger partial charge < -0.3 is 4.74 Å². The number of hydrogen-bond acceptors (Lipinski definition) is 2. The van der Waals surface area contributed by atoms with E-state index in [-0.39, 0.29) is 0 Å². The molecule has 0 bridgehead atoms. The molecule has 106 valence electrons. The third-order valence-corrected chi connectivity index (χ3v) is 2.43. The molecule has 0 heterocycles. The van der Waals surface area contributed by atoms with Gasteiger partial charge in [0.25, 0.3) is 0 Å². The maximum Gasteiger partial charge on any atom is 0.156 e. The normalized spacial score (nSPS) is 12.3. The van der Waals surface area contributed by atoms with Crippen molar-refractivity contribution in [2.45, 2.75) is 46.0 Å². The van der Waals surface area contributed by atoms with Gasteiger partial charge in [0, 0.05) is 6.92 Å². The highest BCUT2D eigenvalue weighted by Crippen LogP contribution is 1.95. The lowest BCUT2D eigenvalue weighted by molar-refractivity contribution is 0.318. The molecule has 0 spiro atoms. The van der Waals surface area contributed by atoms with Gasteiger partial charge in [0.15, 0.2) is 5.05 Å². The highest BCUT2D eigenvalue weighted by atomic mass is 32.1. The summed E-state index contributed by atoms with van der Waals surface area (Å²) in [6.07, 6.45) is 22.6. The average Bonchev–Trinajstić information content (AvgIpc) is 2.39. The van der Waals surface area contributed by atoms with Crippen LogP contribution in [0, 0.1) is 0 Å². The van der Waals surface area contributed by atoms with Gasteiger partial charge in [0.1, 0.15) is 0 Å². The SMILES string of the molecule is CCC=CCC=CCC=CCC=CCCOC(C)=S. The van der Waals surface area contributed by atoms with E-state index in [1.165, 1.54) is 0 Å². The lowest BCUT2D eigenvalue weighted by Gasteiger charge is -1.98. The average molecular weight is 278 g/mol. The molecule has 0 N–H and O–H groups in total. The molecule has 0 fully saturated rings. The van der Waals surface area contributed by atoms with Crippen LogP contribution >= 0.6 is 12.2 Å². The Morgan fingerprint density at radius 2 is 1.32 bits per heavy atom. The molecule has 1 nitrogen and oxygen atoms in total. The molecule has 0 aromatic heterocycles. The third-order valence-electron chi connectivity index (χ3n) is 2.31. The van der Waals surface area contributed by atoms with Crippen LogP contribution in [0.15, 0.2) is 48.6 Å². The van der Waals surface area contributed by atoms with Crippen molar-refractivity contribution in [3.8, 4) is 0 Å². The standard InChI is InChI=1S/C17H26OS/c1-3-4-5-6-7-8-9-10-11-12-13-14-15-16-18-17(2)19/h4-5,7-8,10-11,13-14H,3,6,9,12,15-16H2,1-2H3. The summed E-state index contributed by atoms with van der Waals surface area (Å²) in [4.78, 5) is 0. The van der Waals surface area contributed by atoms with Gasteiger partial charge >= 0.3 is 0 Å². The number of rotatable bonds is 10. The lowest BCUT2D eigenvalue weighted by atomic mass is 10.2. The Labute approximate surface area is 123 Å². The van der Waals surface area contributed by atoms with Crippen molar-refractivity contribution in [2.24, 2.45) is 0 Å². The summed E-state index contributed by atoms with van der Waals surface area (Å²) in [6, 6.07) is 0. The van der Waals surface area contributed by atoms with Gasteiger partial charge in [0.05, 0.1) is 6.61 Å². The second-order valence-corrected chi connectivity index (χ2v) is 4.70. The maximum atomic E-state index is 5.19. The van der Waals surface area contributed by atoms with E-state index in [0.29, 0.717) is 11.7 Å². The van der Waals surface area contributed by atoms with E-state index in [2.05, 4.69) is 55.5 Å². The van der Waals surface area contributed by atoms with Crippen LogP contribution in [0.4, 0.5) is 0 Å². The van der Waals surface area contributed by atoms with Crippen LogP contribution in [0.5, 0.6) is 0 Å². The molecule has 19 heavy (non-hydrogen) atoms. The van der Waals surface area contributed by atoms with Crippen LogP contribution in [0.25, 0.3) is 0 Å². The Kier molecular flexibility index (Phi) is 14.0. The summed E-state index contributed by atoms with van der Waals surface area (Å²) in [5.74, 6) is 0. The van der Waals surface area contributed by atoms with Crippen molar-refractivity contribution >= 4 is 17.3 Å². The first-order valence-corrected chi connectivity index (χ1v) is 7.41. The first kappa shape index (κ1) is 17.8. The van der Waals surface area contributed by atoms with Crippen LogP contribution in [-0.4, -0.2) is 11.7 Å². The first-order chi connectivity index (χ1) is 9.27. The predicted molar refractivity (Wildman–Crippen MR) is 89.5 cm³/mol. The number of allylic oxidation sites excluding steroid dienone is 7. The monoisotopic (exact) mass is 278 g/mol. The van der Waals surface area contributed by atoms with Crippen LogP contribution in [0.1, 0.15) is 46.0 Å². The van der Waals surface area contributed by atoms with Crippen LogP contribution in [0.2, 0.25) is 0 Å². The summed E-state index contributed by atoms with van der Waals surface area (Å²) in [7, 11) is 0. The van der Waals surface area contributed by atoms with Crippen molar-refractivity contribution in [1.82, 2.24) is 0 Å². The summed E-state index contributed by atoms with van der Waals surface area (Å²) < 4.78 is 5.19. The quantitative estimate of drug-likeness (QED) is 0.294. The molecule has 0 aromatic rings. The Balaban J connectivity index is 3.40. The van der Waals surface area contributed by atoms with Crippen molar-refractivity contribution in [1.29, 1.82) is 0 Å². The highest BCUT2D eigenvalue weighted by Gasteiger charge is 1.84. The fourth-order valence-electron chi connectivity index (χ4n) is 1.37. The molecular weight excluding hydrogens is 252 g/mol. The van der Waals surface area contributed by atoms with E-state index in [9.17, 15) is 0 Å². The second-order valence-electron chi connectivity index (χ2n) is 4.13. The Morgan fingerprint density at radius 3 is 1.79 bits per heavy atom. The van der Waals surface area contributed by atoms with E-state index in [4.69, 9.17) is 17.0 Å². The molecule has 0 aliphatic heterocycles. The van der Waals surface area contributed by atoms with Gasteiger partial charge in [-0.3, -0.25) is 0 Å². The molecular formula is C17H26OS. The molecule has 0 amide bonds. The summed E-state index contributed by atoms with van der Waals surface area (Å²) in [6.45, 7) is 4.63. The second kappa shape index (κ2) is 14.9. The zero-order valence-corrected chi connectivity index (χ0v) is 13.0. The molecule has 0 rings (SSSR count). The van der Waals surface area contributed by atoms with E-state index in [1.807, 2.05) is 0 Å². The van der Waals surface area contributed by atoms with Gasteiger partial charge in [0.2, 0.25) is 0 Å². The molecule has 0 aliphatic carbocycles. The minimum Gasteiger partial charge on any atom is -0.487 e. The van der Waals surface area contributed by atoms with E-state index >= 15 is 0 Å². The van der Waals surface area contributed by atoms with Crippen molar-refractivity contribution in [2.75, 3.05) is 6.61 Å². The number of thiocarbonyl (C=S) groups is 1. The Hall–Kier alpha value is -1.15. The first-order valence-electron chi connectivity index (χ1n) is 7.00. The largest absolute Gasteiger partial charge is 0.487 e. The topological polar surface area (TPSA) is 9.23 Å². The predicted octanol–water partition coefficient (Wildman–Crippen LogP) is 5.55. The molecule has 0 aromatic carbocycles. The highest BCUT2D eigenvalue weighted by molar-refractivity contribution is 7.80. The smallest absolute Gasteiger partial charge is 0.156 e. The fraction of sp³-hybridized carbons (Fsp3) is 0.471. The zero-order chi connectivity index (χ0) is 14.2. The van der Waals surface area contributed by atoms with Crippen LogP contribution in [-0.2, 0) is 4.74 Å². The molecule has 0 saturated carbocycles. The Morgan fingerprint density at radius 1 is 0.842 bits per heavy atom. The number of hydrogen-bond donors (Lipinski definition) is 0. The maximum absolute atomic E-state index is 5.19. The van der Waals surface area contributed by atoms with Crippen LogP contribution < -0.4 is 0 Å². The minimum atomic E-state index is 0.619. The van der Waals surface area contributed by atoms with E-state index in [1.54, 1.807) is 6.92 Å². The molecule has 0 atom stereocenters.